The Morgan fingerprint density at radius 2 is 2.06 bits per heavy atom. The van der Waals surface area contributed by atoms with Crippen molar-refractivity contribution in [3.63, 3.8) is 0 Å². The van der Waals surface area contributed by atoms with Gasteiger partial charge in [0.15, 0.2) is 11.5 Å². The number of rotatable bonds is 5. The second kappa shape index (κ2) is 5.50. The van der Waals surface area contributed by atoms with Crippen LogP contribution in [-0.4, -0.2) is 22.1 Å². The van der Waals surface area contributed by atoms with Crippen LogP contribution in [0.3, 0.4) is 0 Å². The minimum Gasteiger partial charge on any atom is -0.493 e. The number of halogens is 3. The second-order valence-corrected chi connectivity index (χ2v) is 5.79. The Morgan fingerprint density at radius 1 is 1.41 bits per heavy atom. The van der Waals surface area contributed by atoms with E-state index in [1.165, 1.54) is 25.3 Å². The van der Waals surface area contributed by atoms with E-state index in [-0.39, 0.29) is 17.1 Å². The average molecular weight is 287 g/mol. The Morgan fingerprint density at radius 3 is 2.53 bits per heavy atom. The number of methoxy groups -OCH3 is 1. The van der Waals surface area contributed by atoms with Gasteiger partial charge in [-0.25, -0.2) is 8.42 Å². The summed E-state index contributed by atoms with van der Waals surface area (Å²) in [6.45, 7) is -3.08. The largest absolute Gasteiger partial charge is 0.493 e. The molecule has 0 aliphatic heterocycles. The van der Waals surface area contributed by atoms with Crippen LogP contribution >= 0.6 is 10.7 Å². The Bertz CT molecular complexity index is 490. The van der Waals surface area contributed by atoms with Crippen LogP contribution in [0.2, 0.25) is 0 Å². The van der Waals surface area contributed by atoms with Gasteiger partial charge in [0, 0.05) is 16.2 Å². The third-order valence-electron chi connectivity index (χ3n) is 1.82. The third-order valence-corrected chi connectivity index (χ3v) is 2.80. The van der Waals surface area contributed by atoms with Crippen molar-refractivity contribution in [2.45, 2.75) is 12.4 Å². The number of hydrogen-bond donors (Lipinski definition) is 0. The van der Waals surface area contributed by atoms with Crippen LogP contribution in [-0.2, 0) is 14.8 Å². The highest BCUT2D eigenvalue weighted by atomic mass is 35.7. The van der Waals surface area contributed by atoms with Crippen molar-refractivity contribution in [3.05, 3.63) is 23.8 Å². The van der Waals surface area contributed by atoms with Gasteiger partial charge < -0.3 is 9.47 Å². The van der Waals surface area contributed by atoms with Crippen molar-refractivity contribution < 1.29 is 26.7 Å². The smallest absolute Gasteiger partial charge is 0.387 e. The van der Waals surface area contributed by atoms with E-state index < -0.39 is 21.4 Å². The predicted molar refractivity (Wildman–Crippen MR) is 58.1 cm³/mol. The van der Waals surface area contributed by atoms with Gasteiger partial charge in [-0.1, -0.05) is 12.1 Å². The molecule has 0 aliphatic carbocycles. The number of alkyl halides is 2. The highest BCUT2D eigenvalue weighted by Crippen LogP contribution is 2.33. The summed E-state index contributed by atoms with van der Waals surface area (Å²) in [4.78, 5) is 0. The lowest BCUT2D eigenvalue weighted by atomic mass is 10.2. The topological polar surface area (TPSA) is 52.6 Å². The van der Waals surface area contributed by atoms with Gasteiger partial charge in [-0.15, -0.1) is 0 Å². The van der Waals surface area contributed by atoms with Crippen molar-refractivity contribution in [2.75, 3.05) is 7.11 Å². The number of ether oxygens (including phenoxy) is 2. The molecule has 1 rings (SSSR count). The first-order chi connectivity index (χ1) is 7.83. The van der Waals surface area contributed by atoms with Gasteiger partial charge in [0.2, 0.25) is 9.05 Å². The fourth-order valence-electron chi connectivity index (χ4n) is 1.24. The van der Waals surface area contributed by atoms with Crippen LogP contribution in [0.4, 0.5) is 8.78 Å². The molecule has 96 valence electrons. The molecule has 0 spiro atoms. The van der Waals surface area contributed by atoms with E-state index in [4.69, 9.17) is 15.4 Å². The summed E-state index contributed by atoms with van der Waals surface area (Å²) >= 11 is 0. The lowest BCUT2D eigenvalue weighted by Gasteiger charge is -2.13. The van der Waals surface area contributed by atoms with Crippen molar-refractivity contribution in [1.29, 1.82) is 0 Å². The fourth-order valence-corrected chi connectivity index (χ4v) is 2.20. The Kier molecular flexibility index (Phi) is 4.53. The van der Waals surface area contributed by atoms with E-state index in [1.807, 2.05) is 0 Å². The van der Waals surface area contributed by atoms with E-state index in [0.717, 1.165) is 0 Å². The molecule has 0 unspecified atom stereocenters. The first-order valence-electron chi connectivity index (χ1n) is 4.36. The monoisotopic (exact) mass is 286 g/mol. The zero-order valence-corrected chi connectivity index (χ0v) is 10.3. The standard InChI is InChI=1S/C9H9ClF2O4S/c1-15-7-4-2-3-6(5-17(10,13)14)8(7)16-9(11)12/h2-4,9H,5H2,1H3. The van der Waals surface area contributed by atoms with Crippen molar-refractivity contribution in [3.8, 4) is 11.5 Å². The van der Waals surface area contributed by atoms with Gasteiger partial charge in [-0.3, -0.25) is 0 Å². The highest BCUT2D eigenvalue weighted by Gasteiger charge is 2.18. The molecule has 0 amide bonds. The molecule has 8 heteroatoms. The molecule has 0 saturated carbocycles. The molecule has 0 fully saturated rings. The minimum absolute atomic E-state index is 0.0136. The molecule has 17 heavy (non-hydrogen) atoms. The number of hydrogen-bond acceptors (Lipinski definition) is 4. The Labute approximate surface area is 102 Å². The van der Waals surface area contributed by atoms with E-state index in [1.54, 1.807) is 0 Å². The van der Waals surface area contributed by atoms with E-state index in [2.05, 4.69) is 4.74 Å². The van der Waals surface area contributed by atoms with Gasteiger partial charge in [-0.2, -0.15) is 8.78 Å². The number of benzene rings is 1. The maximum atomic E-state index is 12.2. The second-order valence-electron chi connectivity index (χ2n) is 3.01. The Balaban J connectivity index is 3.19. The molecule has 0 radical (unpaired) electrons. The van der Waals surface area contributed by atoms with Crippen molar-refractivity contribution in [2.24, 2.45) is 0 Å². The number of para-hydroxylation sites is 1. The summed E-state index contributed by atoms with van der Waals surface area (Å²) in [7, 11) is 2.45. The van der Waals surface area contributed by atoms with Crippen molar-refractivity contribution in [1.82, 2.24) is 0 Å². The molecule has 1 aromatic carbocycles. The molecule has 0 atom stereocenters. The van der Waals surface area contributed by atoms with Crippen LogP contribution in [0.15, 0.2) is 18.2 Å². The first kappa shape index (κ1) is 14.0. The maximum Gasteiger partial charge on any atom is 0.387 e. The van der Waals surface area contributed by atoms with Crippen LogP contribution in [0.25, 0.3) is 0 Å². The van der Waals surface area contributed by atoms with E-state index in [0.29, 0.717) is 0 Å². The molecule has 0 aliphatic rings. The van der Waals surface area contributed by atoms with Gasteiger partial charge in [0.05, 0.1) is 12.9 Å². The fraction of sp³-hybridized carbons (Fsp3) is 0.333. The van der Waals surface area contributed by atoms with Gasteiger partial charge in [-0.05, 0) is 6.07 Å². The Hall–Kier alpha value is -1.08. The minimum atomic E-state index is -3.87. The van der Waals surface area contributed by atoms with Crippen molar-refractivity contribution >= 4 is 19.7 Å². The highest BCUT2D eigenvalue weighted by molar-refractivity contribution is 8.13. The summed E-state index contributed by atoms with van der Waals surface area (Å²) in [5.41, 5.74) is 0.0136. The van der Waals surface area contributed by atoms with Crippen LogP contribution in [0.1, 0.15) is 5.56 Å². The molecule has 0 N–H and O–H groups in total. The summed E-state index contributed by atoms with van der Waals surface area (Å²) < 4.78 is 55.3. The third kappa shape index (κ3) is 4.35. The molecule has 0 aromatic heterocycles. The summed E-state index contributed by atoms with van der Waals surface area (Å²) in [6.07, 6.45) is 0. The lowest BCUT2D eigenvalue weighted by molar-refractivity contribution is -0.0517. The average Bonchev–Trinajstić information content (AvgIpc) is 2.17. The summed E-state index contributed by atoms with van der Waals surface area (Å²) in [6, 6.07) is 4.15. The zero-order chi connectivity index (χ0) is 13.1. The van der Waals surface area contributed by atoms with E-state index >= 15 is 0 Å². The molecular formula is C9H9ClF2O4S. The van der Waals surface area contributed by atoms with Gasteiger partial charge >= 0.3 is 6.61 Å². The summed E-state index contributed by atoms with van der Waals surface area (Å²) in [5.74, 6) is -0.925. The summed E-state index contributed by atoms with van der Waals surface area (Å²) in [5, 5.41) is 0. The molecule has 0 bridgehead atoms. The quantitative estimate of drug-likeness (QED) is 0.780. The molecular weight excluding hydrogens is 278 g/mol. The normalized spacial score (nSPS) is 11.6. The first-order valence-corrected chi connectivity index (χ1v) is 6.84. The van der Waals surface area contributed by atoms with Crippen LogP contribution in [0, 0.1) is 0 Å². The van der Waals surface area contributed by atoms with Crippen LogP contribution in [0.5, 0.6) is 11.5 Å². The molecule has 0 heterocycles. The predicted octanol–water partition coefficient (Wildman–Crippen LogP) is 2.37. The van der Waals surface area contributed by atoms with E-state index in [9.17, 15) is 17.2 Å². The SMILES string of the molecule is COc1cccc(CS(=O)(=O)Cl)c1OC(F)F. The zero-order valence-electron chi connectivity index (χ0n) is 8.69. The molecule has 0 saturated heterocycles. The maximum absolute atomic E-state index is 12.2. The van der Waals surface area contributed by atoms with Gasteiger partial charge in [0.25, 0.3) is 0 Å². The molecule has 1 aromatic rings. The lowest BCUT2D eigenvalue weighted by Crippen LogP contribution is -2.07. The van der Waals surface area contributed by atoms with Crippen LogP contribution < -0.4 is 9.47 Å². The molecule has 4 nitrogen and oxygen atoms in total. The van der Waals surface area contributed by atoms with Gasteiger partial charge in [0.1, 0.15) is 0 Å².